The maximum absolute atomic E-state index is 11.5. The summed E-state index contributed by atoms with van der Waals surface area (Å²) in [6, 6.07) is 0. The second-order valence-electron chi connectivity index (χ2n) is 3.67. The minimum absolute atomic E-state index is 0.142. The van der Waals surface area contributed by atoms with Gasteiger partial charge in [-0.25, -0.2) is 4.68 Å². The molecular weight excluding hydrogens is 242 g/mol. The van der Waals surface area contributed by atoms with Crippen LogP contribution in [0.2, 0.25) is 5.02 Å². The van der Waals surface area contributed by atoms with Crippen molar-refractivity contribution < 1.29 is 0 Å². The average Bonchev–Trinajstić information content (AvgIpc) is 2.71. The Morgan fingerprint density at radius 3 is 2.94 bits per heavy atom. The van der Waals surface area contributed by atoms with E-state index in [1.54, 1.807) is 13.2 Å². The molecular formula is C10H12ClN5O. The van der Waals surface area contributed by atoms with E-state index >= 15 is 0 Å². The van der Waals surface area contributed by atoms with Crippen LogP contribution in [-0.2, 0) is 13.6 Å². The van der Waals surface area contributed by atoms with Gasteiger partial charge >= 0.3 is 0 Å². The van der Waals surface area contributed by atoms with Gasteiger partial charge in [0, 0.05) is 24.8 Å². The predicted molar refractivity (Wildman–Crippen MR) is 65.1 cm³/mol. The third-order valence-electron chi connectivity index (χ3n) is 2.48. The second kappa shape index (κ2) is 4.58. The SMILES string of the molecule is Cc1[nH]ncc1CNc1cnn(C)c(=O)c1Cl. The third kappa shape index (κ3) is 2.31. The lowest BCUT2D eigenvalue weighted by molar-refractivity contribution is 0.708. The zero-order valence-corrected chi connectivity index (χ0v) is 10.2. The van der Waals surface area contributed by atoms with Crippen LogP contribution in [0.3, 0.4) is 0 Å². The third-order valence-corrected chi connectivity index (χ3v) is 2.85. The van der Waals surface area contributed by atoms with Crippen molar-refractivity contribution in [3.8, 4) is 0 Å². The van der Waals surface area contributed by atoms with Crippen molar-refractivity contribution in [3.63, 3.8) is 0 Å². The minimum Gasteiger partial charge on any atom is -0.378 e. The Bertz CT molecular complexity index is 589. The molecule has 2 heterocycles. The predicted octanol–water partition coefficient (Wildman–Crippen LogP) is 1.08. The molecule has 0 saturated carbocycles. The summed E-state index contributed by atoms with van der Waals surface area (Å²) in [5.41, 5.74) is 2.20. The van der Waals surface area contributed by atoms with Gasteiger partial charge < -0.3 is 5.32 Å². The number of H-pyrrole nitrogens is 1. The molecule has 6 nitrogen and oxygen atoms in total. The highest BCUT2D eigenvalue weighted by Gasteiger charge is 2.07. The first-order valence-electron chi connectivity index (χ1n) is 5.04. The van der Waals surface area contributed by atoms with Gasteiger partial charge in [0.25, 0.3) is 5.56 Å². The molecule has 0 aliphatic carbocycles. The Labute approximate surface area is 103 Å². The van der Waals surface area contributed by atoms with E-state index in [0.29, 0.717) is 12.2 Å². The number of nitrogens with one attached hydrogen (secondary N) is 2. The molecule has 90 valence electrons. The first-order valence-corrected chi connectivity index (χ1v) is 5.42. The van der Waals surface area contributed by atoms with Gasteiger partial charge in [-0.15, -0.1) is 0 Å². The van der Waals surface area contributed by atoms with Gasteiger partial charge in [0.2, 0.25) is 0 Å². The van der Waals surface area contributed by atoms with Gasteiger partial charge in [0.05, 0.1) is 18.1 Å². The van der Waals surface area contributed by atoms with Crippen molar-refractivity contribution in [1.82, 2.24) is 20.0 Å². The maximum atomic E-state index is 11.5. The van der Waals surface area contributed by atoms with Crippen LogP contribution >= 0.6 is 11.6 Å². The molecule has 2 rings (SSSR count). The van der Waals surface area contributed by atoms with Crippen molar-refractivity contribution in [3.05, 3.63) is 39.0 Å². The van der Waals surface area contributed by atoms with Crippen molar-refractivity contribution in [2.45, 2.75) is 13.5 Å². The molecule has 0 saturated heterocycles. The normalized spacial score (nSPS) is 10.5. The van der Waals surface area contributed by atoms with E-state index in [2.05, 4.69) is 20.6 Å². The molecule has 0 aromatic carbocycles. The molecule has 2 aromatic rings. The Kier molecular flexibility index (Phi) is 3.14. The number of aromatic nitrogens is 4. The standard InChI is InChI=1S/C10H12ClN5O/c1-6-7(4-13-15-6)3-12-8-5-14-16(2)10(17)9(8)11/h4-5,12H,3H2,1-2H3,(H,13,15). The van der Waals surface area contributed by atoms with Gasteiger partial charge in [-0.05, 0) is 6.92 Å². The van der Waals surface area contributed by atoms with Gasteiger partial charge in [-0.3, -0.25) is 9.89 Å². The molecule has 0 atom stereocenters. The molecule has 0 aliphatic rings. The molecule has 0 aliphatic heterocycles. The van der Waals surface area contributed by atoms with E-state index < -0.39 is 0 Å². The summed E-state index contributed by atoms with van der Waals surface area (Å²) in [5.74, 6) is 0. The second-order valence-corrected chi connectivity index (χ2v) is 4.05. The number of hydrogen-bond acceptors (Lipinski definition) is 4. The quantitative estimate of drug-likeness (QED) is 0.858. The molecule has 17 heavy (non-hydrogen) atoms. The highest BCUT2D eigenvalue weighted by molar-refractivity contribution is 6.32. The monoisotopic (exact) mass is 253 g/mol. The number of nitrogens with zero attached hydrogens (tertiary/aromatic N) is 3. The highest BCUT2D eigenvalue weighted by atomic mass is 35.5. The molecule has 0 amide bonds. The van der Waals surface area contributed by atoms with Crippen LogP contribution in [0, 0.1) is 6.92 Å². The zero-order chi connectivity index (χ0) is 12.4. The molecule has 0 spiro atoms. The smallest absolute Gasteiger partial charge is 0.287 e. The van der Waals surface area contributed by atoms with E-state index in [-0.39, 0.29) is 10.6 Å². The van der Waals surface area contributed by atoms with Crippen LogP contribution in [0.4, 0.5) is 5.69 Å². The molecule has 0 unspecified atom stereocenters. The fourth-order valence-corrected chi connectivity index (χ4v) is 1.62. The highest BCUT2D eigenvalue weighted by Crippen LogP contribution is 2.16. The van der Waals surface area contributed by atoms with Gasteiger partial charge in [-0.1, -0.05) is 11.6 Å². The summed E-state index contributed by atoms with van der Waals surface area (Å²) in [4.78, 5) is 11.5. The summed E-state index contributed by atoms with van der Waals surface area (Å²) in [5, 5.41) is 13.8. The lowest BCUT2D eigenvalue weighted by Crippen LogP contribution is -2.21. The lowest BCUT2D eigenvalue weighted by atomic mass is 10.2. The largest absolute Gasteiger partial charge is 0.378 e. The van der Waals surface area contributed by atoms with Crippen molar-refractivity contribution >= 4 is 17.3 Å². The van der Waals surface area contributed by atoms with Crippen molar-refractivity contribution in [2.75, 3.05) is 5.32 Å². The van der Waals surface area contributed by atoms with E-state index in [9.17, 15) is 4.79 Å². The van der Waals surface area contributed by atoms with Gasteiger partial charge in [-0.2, -0.15) is 10.2 Å². The van der Waals surface area contributed by atoms with Crippen molar-refractivity contribution in [2.24, 2.45) is 7.05 Å². The number of anilines is 1. The summed E-state index contributed by atoms with van der Waals surface area (Å²) < 4.78 is 1.19. The molecule has 0 radical (unpaired) electrons. The Morgan fingerprint density at radius 2 is 2.29 bits per heavy atom. The summed E-state index contributed by atoms with van der Waals surface area (Å²) >= 11 is 5.92. The molecule has 2 aromatic heterocycles. The van der Waals surface area contributed by atoms with Gasteiger partial charge in [0.15, 0.2) is 0 Å². The van der Waals surface area contributed by atoms with Crippen LogP contribution in [0.5, 0.6) is 0 Å². The van der Waals surface area contributed by atoms with Crippen molar-refractivity contribution in [1.29, 1.82) is 0 Å². The van der Waals surface area contributed by atoms with Gasteiger partial charge in [0.1, 0.15) is 5.02 Å². The number of aromatic amines is 1. The maximum Gasteiger partial charge on any atom is 0.287 e. The fraction of sp³-hybridized carbons (Fsp3) is 0.300. The Balaban J connectivity index is 2.18. The summed E-state index contributed by atoms with van der Waals surface area (Å²) in [6.07, 6.45) is 3.25. The number of rotatable bonds is 3. The van der Waals surface area contributed by atoms with E-state index in [1.165, 1.54) is 10.9 Å². The minimum atomic E-state index is -0.319. The van der Waals surface area contributed by atoms with Crippen LogP contribution in [0.15, 0.2) is 17.2 Å². The zero-order valence-electron chi connectivity index (χ0n) is 9.49. The number of aryl methyl sites for hydroxylation is 2. The molecule has 2 N–H and O–H groups in total. The number of halogens is 1. The summed E-state index contributed by atoms with van der Waals surface area (Å²) in [6.45, 7) is 2.46. The summed E-state index contributed by atoms with van der Waals surface area (Å²) in [7, 11) is 1.55. The Morgan fingerprint density at radius 1 is 1.53 bits per heavy atom. The van der Waals surface area contributed by atoms with E-state index in [0.717, 1.165) is 11.3 Å². The number of hydrogen-bond donors (Lipinski definition) is 2. The van der Waals surface area contributed by atoms with Crippen LogP contribution in [0.25, 0.3) is 0 Å². The van der Waals surface area contributed by atoms with E-state index in [1.807, 2.05) is 6.92 Å². The fourth-order valence-electron chi connectivity index (χ4n) is 1.38. The molecule has 7 heteroatoms. The van der Waals surface area contributed by atoms with Crippen LogP contribution in [-0.4, -0.2) is 20.0 Å². The topological polar surface area (TPSA) is 75.6 Å². The van der Waals surface area contributed by atoms with Crippen LogP contribution < -0.4 is 10.9 Å². The average molecular weight is 254 g/mol. The van der Waals surface area contributed by atoms with Crippen LogP contribution in [0.1, 0.15) is 11.3 Å². The lowest BCUT2D eigenvalue weighted by Gasteiger charge is -2.07. The molecule has 0 bridgehead atoms. The first kappa shape index (κ1) is 11.7. The Hall–Kier alpha value is -1.82. The first-order chi connectivity index (χ1) is 8.09. The molecule has 0 fully saturated rings. The van der Waals surface area contributed by atoms with E-state index in [4.69, 9.17) is 11.6 Å².